The molecule has 1 fully saturated rings. The quantitative estimate of drug-likeness (QED) is 0.760. The normalized spacial score (nSPS) is 18.1. The van der Waals surface area contributed by atoms with Crippen LogP contribution in [0.25, 0.3) is 21.9 Å². The van der Waals surface area contributed by atoms with Crippen molar-refractivity contribution in [2.75, 3.05) is 18.0 Å². The number of carboxylic acid groups (broad SMARTS) is 1. The Morgan fingerprint density at radius 2 is 2.28 bits per heavy atom. The average Bonchev–Trinajstić information content (AvgIpc) is 2.97. The Morgan fingerprint density at radius 3 is 3.12 bits per heavy atom. The molecule has 7 heteroatoms. The van der Waals surface area contributed by atoms with Crippen LogP contribution < -0.4 is 4.90 Å². The number of anilines is 1. The highest BCUT2D eigenvalue weighted by Crippen LogP contribution is 2.33. The molecule has 0 unspecified atom stereocenters. The van der Waals surface area contributed by atoms with E-state index in [1.54, 1.807) is 6.07 Å². The van der Waals surface area contributed by atoms with Crippen molar-refractivity contribution in [1.29, 1.82) is 0 Å². The number of nitrogens with one attached hydrogen (secondary N) is 1. The molecule has 2 N–H and O–H groups in total. The highest BCUT2D eigenvalue weighted by molar-refractivity contribution is 6.11. The number of carboxylic acids is 1. The Hall–Kier alpha value is -2.70. The van der Waals surface area contributed by atoms with E-state index in [0.29, 0.717) is 23.5 Å². The van der Waals surface area contributed by atoms with Gasteiger partial charge in [-0.1, -0.05) is 0 Å². The molecule has 4 rings (SSSR count). The van der Waals surface area contributed by atoms with E-state index in [0.717, 1.165) is 42.5 Å². The Kier molecular flexibility index (Phi) is 3.99. The lowest BCUT2D eigenvalue weighted by Crippen LogP contribution is -2.36. The van der Waals surface area contributed by atoms with E-state index in [1.165, 1.54) is 18.5 Å². The Bertz CT molecular complexity index is 939. The van der Waals surface area contributed by atoms with Crippen molar-refractivity contribution in [3.05, 3.63) is 30.3 Å². The van der Waals surface area contributed by atoms with Gasteiger partial charge in [-0.25, -0.2) is 14.4 Å². The molecular formula is C18H19FN4O2. The SMILES string of the molecule is O=C(O)CC[C@@H]1CCCN(c2ncnc3[nH]c4cc(F)ccc4c23)C1. The highest BCUT2D eigenvalue weighted by atomic mass is 19.1. The van der Waals surface area contributed by atoms with E-state index in [2.05, 4.69) is 19.9 Å². The lowest BCUT2D eigenvalue weighted by molar-refractivity contribution is -0.137. The number of fused-ring (bicyclic) bond motifs is 3. The van der Waals surface area contributed by atoms with Crippen molar-refractivity contribution >= 4 is 33.7 Å². The van der Waals surface area contributed by atoms with Gasteiger partial charge in [-0.3, -0.25) is 4.79 Å². The summed E-state index contributed by atoms with van der Waals surface area (Å²) >= 11 is 0. The van der Waals surface area contributed by atoms with Crippen LogP contribution in [0.3, 0.4) is 0 Å². The smallest absolute Gasteiger partial charge is 0.303 e. The number of aliphatic carboxylic acids is 1. The predicted molar refractivity (Wildman–Crippen MR) is 93.2 cm³/mol. The molecule has 130 valence electrons. The van der Waals surface area contributed by atoms with Gasteiger partial charge in [-0.05, 0) is 43.4 Å². The number of rotatable bonds is 4. The first-order valence-electron chi connectivity index (χ1n) is 8.50. The molecular weight excluding hydrogens is 323 g/mol. The molecule has 2 aromatic heterocycles. The fraction of sp³-hybridized carbons (Fsp3) is 0.389. The molecule has 1 aliphatic rings. The third kappa shape index (κ3) is 3.01. The second-order valence-electron chi connectivity index (χ2n) is 6.62. The fourth-order valence-corrected chi connectivity index (χ4v) is 3.74. The standard InChI is InChI=1S/C18H19FN4O2/c19-12-4-5-13-14(8-12)22-17-16(13)18(21-10-20-17)23-7-1-2-11(9-23)3-6-15(24)25/h4-5,8,10-11H,1-3,6-7,9H2,(H,24,25)(H,20,21,22)/t11-/m0/s1. The van der Waals surface area contributed by atoms with E-state index in [4.69, 9.17) is 5.11 Å². The molecule has 0 bridgehead atoms. The zero-order valence-electron chi connectivity index (χ0n) is 13.7. The maximum Gasteiger partial charge on any atom is 0.303 e. The number of hydrogen-bond donors (Lipinski definition) is 2. The van der Waals surface area contributed by atoms with Crippen LogP contribution >= 0.6 is 0 Å². The molecule has 1 aromatic carbocycles. The fourth-order valence-electron chi connectivity index (χ4n) is 3.74. The van der Waals surface area contributed by atoms with Gasteiger partial charge in [0.05, 0.1) is 10.9 Å². The number of aromatic nitrogens is 3. The summed E-state index contributed by atoms with van der Waals surface area (Å²) < 4.78 is 13.5. The third-order valence-electron chi connectivity index (χ3n) is 4.92. The number of piperidine rings is 1. The molecule has 0 radical (unpaired) electrons. The molecule has 0 spiro atoms. The summed E-state index contributed by atoms with van der Waals surface area (Å²) in [6.07, 6.45) is 4.44. The number of halogens is 1. The van der Waals surface area contributed by atoms with Crippen molar-refractivity contribution in [2.24, 2.45) is 5.92 Å². The van der Waals surface area contributed by atoms with Crippen LogP contribution in [-0.2, 0) is 4.79 Å². The molecule has 1 atom stereocenters. The number of H-pyrrole nitrogens is 1. The molecule has 25 heavy (non-hydrogen) atoms. The minimum absolute atomic E-state index is 0.198. The Balaban J connectivity index is 1.70. The monoisotopic (exact) mass is 342 g/mol. The molecule has 3 heterocycles. The molecule has 0 amide bonds. The summed E-state index contributed by atoms with van der Waals surface area (Å²) in [4.78, 5) is 25.0. The van der Waals surface area contributed by atoms with Gasteiger partial charge in [0.25, 0.3) is 0 Å². The summed E-state index contributed by atoms with van der Waals surface area (Å²) in [7, 11) is 0. The zero-order valence-corrected chi connectivity index (χ0v) is 13.7. The number of hydrogen-bond acceptors (Lipinski definition) is 4. The molecule has 1 aliphatic heterocycles. The van der Waals surface area contributed by atoms with Crippen LogP contribution in [0, 0.1) is 11.7 Å². The molecule has 3 aromatic rings. The van der Waals surface area contributed by atoms with Gasteiger partial charge in [0, 0.05) is 24.9 Å². The van der Waals surface area contributed by atoms with E-state index >= 15 is 0 Å². The first-order chi connectivity index (χ1) is 12.1. The highest BCUT2D eigenvalue weighted by Gasteiger charge is 2.24. The number of aromatic amines is 1. The van der Waals surface area contributed by atoms with Gasteiger partial charge in [-0.15, -0.1) is 0 Å². The van der Waals surface area contributed by atoms with Crippen molar-refractivity contribution in [3.63, 3.8) is 0 Å². The van der Waals surface area contributed by atoms with Gasteiger partial charge in [-0.2, -0.15) is 0 Å². The lowest BCUT2D eigenvalue weighted by Gasteiger charge is -2.33. The second-order valence-corrected chi connectivity index (χ2v) is 6.62. The maximum atomic E-state index is 13.5. The van der Waals surface area contributed by atoms with Crippen molar-refractivity contribution in [3.8, 4) is 0 Å². The zero-order chi connectivity index (χ0) is 17.4. The molecule has 0 saturated carbocycles. The van der Waals surface area contributed by atoms with E-state index < -0.39 is 5.97 Å². The van der Waals surface area contributed by atoms with Crippen LogP contribution in [0.4, 0.5) is 10.2 Å². The van der Waals surface area contributed by atoms with Gasteiger partial charge >= 0.3 is 5.97 Å². The first-order valence-corrected chi connectivity index (χ1v) is 8.50. The predicted octanol–water partition coefficient (Wildman–Crippen LogP) is 3.33. The summed E-state index contributed by atoms with van der Waals surface area (Å²) in [5.74, 6) is 0.140. The van der Waals surface area contributed by atoms with Crippen LogP contribution in [0.5, 0.6) is 0 Å². The second kappa shape index (κ2) is 6.31. The van der Waals surface area contributed by atoms with Crippen LogP contribution in [0.1, 0.15) is 25.7 Å². The maximum absolute atomic E-state index is 13.5. The van der Waals surface area contributed by atoms with Gasteiger partial charge in [0.15, 0.2) is 0 Å². The summed E-state index contributed by atoms with van der Waals surface area (Å²) in [6, 6.07) is 4.66. The molecule has 0 aliphatic carbocycles. The molecule has 6 nitrogen and oxygen atoms in total. The van der Waals surface area contributed by atoms with E-state index in [1.807, 2.05) is 0 Å². The van der Waals surface area contributed by atoms with Gasteiger partial charge < -0.3 is 15.0 Å². The Labute approximate surface area is 143 Å². The summed E-state index contributed by atoms with van der Waals surface area (Å²) in [5.41, 5.74) is 1.40. The molecule has 1 saturated heterocycles. The van der Waals surface area contributed by atoms with E-state index in [9.17, 15) is 9.18 Å². The van der Waals surface area contributed by atoms with E-state index in [-0.39, 0.29) is 12.2 Å². The summed E-state index contributed by atoms with van der Waals surface area (Å²) in [5, 5.41) is 10.7. The number of benzene rings is 1. The van der Waals surface area contributed by atoms with Crippen molar-refractivity contribution in [1.82, 2.24) is 15.0 Å². The van der Waals surface area contributed by atoms with Gasteiger partial charge in [0.1, 0.15) is 23.6 Å². The van der Waals surface area contributed by atoms with Crippen molar-refractivity contribution in [2.45, 2.75) is 25.7 Å². The lowest BCUT2D eigenvalue weighted by atomic mass is 9.93. The topological polar surface area (TPSA) is 82.1 Å². The number of nitrogens with zero attached hydrogens (tertiary/aromatic N) is 3. The Morgan fingerprint density at radius 1 is 1.40 bits per heavy atom. The minimum atomic E-state index is -0.750. The van der Waals surface area contributed by atoms with Crippen LogP contribution in [-0.4, -0.2) is 39.1 Å². The largest absolute Gasteiger partial charge is 0.481 e. The minimum Gasteiger partial charge on any atom is -0.481 e. The summed E-state index contributed by atoms with van der Waals surface area (Å²) in [6.45, 7) is 1.66. The first kappa shape index (κ1) is 15.8. The van der Waals surface area contributed by atoms with Crippen LogP contribution in [0.15, 0.2) is 24.5 Å². The van der Waals surface area contributed by atoms with Crippen LogP contribution in [0.2, 0.25) is 0 Å². The number of carbonyl (C=O) groups is 1. The average molecular weight is 342 g/mol. The van der Waals surface area contributed by atoms with Crippen molar-refractivity contribution < 1.29 is 14.3 Å². The third-order valence-corrected chi connectivity index (χ3v) is 4.92. The van der Waals surface area contributed by atoms with Gasteiger partial charge in [0.2, 0.25) is 0 Å².